The van der Waals surface area contributed by atoms with Gasteiger partial charge in [0.2, 0.25) is 5.88 Å². The average Bonchev–Trinajstić information content (AvgIpc) is 3.15. The largest absolute Gasteiger partial charge is 0.438 e. The molecule has 4 atom stereocenters. The topological polar surface area (TPSA) is 101 Å². The lowest BCUT2D eigenvalue weighted by Crippen LogP contribution is -2.65. The third-order valence-corrected chi connectivity index (χ3v) is 18.6. The Morgan fingerprint density at radius 3 is 2.05 bits per heavy atom. The van der Waals surface area contributed by atoms with Crippen molar-refractivity contribution in [2.75, 3.05) is 6.61 Å². The van der Waals surface area contributed by atoms with Crippen molar-refractivity contribution in [3.05, 3.63) is 52.1 Å². The van der Waals surface area contributed by atoms with Crippen molar-refractivity contribution in [2.24, 2.45) is 0 Å². The van der Waals surface area contributed by atoms with Gasteiger partial charge in [-0.3, -0.25) is 4.57 Å². The molecule has 3 heterocycles. The summed E-state index contributed by atoms with van der Waals surface area (Å²) in [5, 5.41) is 11.6. The number of hydrogen-bond acceptors (Lipinski definition) is 8. The van der Waals surface area contributed by atoms with Gasteiger partial charge in [-0.2, -0.15) is 4.98 Å². The molecule has 40 heavy (non-hydrogen) atoms. The lowest BCUT2D eigenvalue weighted by atomic mass is 10.1. The number of aliphatic hydroxyl groups excluding tert-OH is 1. The van der Waals surface area contributed by atoms with E-state index in [0.717, 1.165) is 11.1 Å². The molecule has 0 aliphatic carbocycles. The van der Waals surface area contributed by atoms with Gasteiger partial charge in [0.15, 0.2) is 6.23 Å². The standard InChI is InChI=1S/C29H46N2O7Si2/c1-17(2)39(18(3)4)34-16-23-27(37-40(38-39,19(5)6)20(7)8)25(32)28(35-23)31-15-14-24(30-29(31)33)36-26-21(9)12-11-13-22(26)10/h11-15,17-20,23,25,27-28,32H,16H2,1-10H3/t23-,25-,27-,28-/m1/s1. The van der Waals surface area contributed by atoms with Gasteiger partial charge in [-0.05, 0) is 47.1 Å². The van der Waals surface area contributed by atoms with E-state index in [1.54, 1.807) is 12.3 Å². The fourth-order valence-corrected chi connectivity index (χ4v) is 17.3. The fraction of sp³-hybridized carbons (Fsp3) is 0.655. The average molecular weight is 591 g/mol. The number of fused-ring (bicyclic) bond motifs is 1. The van der Waals surface area contributed by atoms with Gasteiger partial charge in [-0.25, -0.2) is 4.79 Å². The van der Waals surface area contributed by atoms with Gasteiger partial charge in [-0.15, -0.1) is 0 Å². The van der Waals surface area contributed by atoms with Crippen molar-refractivity contribution >= 4 is 17.1 Å². The van der Waals surface area contributed by atoms with Crippen molar-refractivity contribution < 1.29 is 27.5 Å². The van der Waals surface area contributed by atoms with Crippen molar-refractivity contribution in [2.45, 2.75) is 116 Å². The predicted octanol–water partition coefficient (Wildman–Crippen LogP) is 5.87. The summed E-state index contributed by atoms with van der Waals surface area (Å²) in [6.07, 6.45) is -1.80. The Bertz CT molecular complexity index is 1210. The van der Waals surface area contributed by atoms with Crippen molar-refractivity contribution in [1.29, 1.82) is 0 Å². The Morgan fingerprint density at radius 1 is 0.950 bits per heavy atom. The van der Waals surface area contributed by atoms with Crippen LogP contribution >= 0.6 is 0 Å². The highest BCUT2D eigenvalue weighted by atomic mass is 28.5. The number of hydrogen-bond donors (Lipinski definition) is 1. The highest BCUT2D eigenvalue weighted by molar-refractivity contribution is 6.84. The van der Waals surface area contributed by atoms with Crippen molar-refractivity contribution in [3.8, 4) is 11.6 Å². The van der Waals surface area contributed by atoms with E-state index in [1.165, 1.54) is 4.57 Å². The van der Waals surface area contributed by atoms with E-state index in [0.29, 0.717) is 5.75 Å². The van der Waals surface area contributed by atoms with E-state index in [4.69, 9.17) is 22.4 Å². The lowest BCUT2D eigenvalue weighted by Gasteiger charge is -2.51. The first-order valence-corrected chi connectivity index (χ1v) is 18.4. The summed E-state index contributed by atoms with van der Waals surface area (Å²) in [6.45, 7) is 21.3. The highest BCUT2D eigenvalue weighted by Crippen LogP contribution is 2.48. The van der Waals surface area contributed by atoms with Crippen LogP contribution in [0.5, 0.6) is 11.6 Å². The normalized spacial score (nSPS) is 26.3. The molecule has 0 unspecified atom stereocenters. The monoisotopic (exact) mass is 590 g/mol. The van der Waals surface area contributed by atoms with Gasteiger partial charge < -0.3 is 27.5 Å². The van der Waals surface area contributed by atoms with Gasteiger partial charge in [0.25, 0.3) is 0 Å². The first kappa shape index (κ1) is 31.1. The molecule has 4 rings (SSSR count). The van der Waals surface area contributed by atoms with E-state index in [1.807, 2.05) is 32.0 Å². The number of aromatic nitrogens is 2. The molecule has 2 saturated heterocycles. The molecule has 0 radical (unpaired) electrons. The van der Waals surface area contributed by atoms with E-state index in [-0.39, 0.29) is 34.7 Å². The maximum absolute atomic E-state index is 13.2. The second-order valence-corrected chi connectivity index (χ2v) is 21.2. The third-order valence-electron chi connectivity index (χ3n) is 8.33. The summed E-state index contributed by atoms with van der Waals surface area (Å²) in [6, 6.07) is 7.45. The fourth-order valence-electron chi connectivity index (χ4n) is 6.08. The summed E-state index contributed by atoms with van der Waals surface area (Å²) in [4.78, 5) is 17.4. The summed E-state index contributed by atoms with van der Waals surface area (Å²) < 4.78 is 34.5. The van der Waals surface area contributed by atoms with E-state index in [9.17, 15) is 9.90 Å². The van der Waals surface area contributed by atoms with Crippen molar-refractivity contribution in [3.63, 3.8) is 0 Å². The van der Waals surface area contributed by atoms with Gasteiger partial charge >= 0.3 is 22.8 Å². The van der Waals surface area contributed by atoms with Crippen LogP contribution in [0.15, 0.2) is 35.3 Å². The molecule has 11 heteroatoms. The molecule has 2 aliphatic heterocycles. The van der Waals surface area contributed by atoms with Crippen LogP contribution in [0.4, 0.5) is 0 Å². The molecule has 0 spiro atoms. The molecule has 0 saturated carbocycles. The Labute approximate surface area is 240 Å². The van der Waals surface area contributed by atoms with E-state index < -0.39 is 47.4 Å². The maximum Gasteiger partial charge on any atom is 0.353 e. The number of aryl methyl sites for hydroxylation is 2. The molecule has 2 aliphatic rings. The first-order chi connectivity index (χ1) is 18.7. The van der Waals surface area contributed by atoms with E-state index in [2.05, 4.69) is 60.4 Å². The zero-order chi connectivity index (χ0) is 29.6. The molecule has 1 aromatic carbocycles. The SMILES string of the molecule is Cc1cccc(C)c1Oc1ccn([C@@H]2O[C@@H]3CO[Si](C(C)C)(C(C)C)O[Si](C(C)C)(C(C)C)O[C@H]3[C@H]2O)c(=O)n1. The Morgan fingerprint density at radius 2 is 1.52 bits per heavy atom. The molecular formula is C29H46N2O7Si2. The second kappa shape index (κ2) is 11.8. The summed E-state index contributed by atoms with van der Waals surface area (Å²) in [5.41, 5.74) is 1.91. The number of benzene rings is 1. The van der Waals surface area contributed by atoms with Crippen LogP contribution in [0.25, 0.3) is 0 Å². The highest BCUT2D eigenvalue weighted by Gasteiger charge is 2.61. The molecule has 222 valence electrons. The van der Waals surface area contributed by atoms with E-state index >= 15 is 0 Å². The summed E-state index contributed by atoms with van der Waals surface area (Å²) in [7, 11) is -5.69. The lowest BCUT2D eigenvalue weighted by molar-refractivity contribution is -0.0601. The molecule has 2 aromatic rings. The zero-order valence-corrected chi connectivity index (χ0v) is 27.5. The Kier molecular flexibility index (Phi) is 9.16. The number of ether oxygens (including phenoxy) is 2. The molecule has 9 nitrogen and oxygen atoms in total. The smallest absolute Gasteiger partial charge is 0.353 e. The van der Waals surface area contributed by atoms with Crippen LogP contribution in [0.1, 0.15) is 72.7 Å². The van der Waals surface area contributed by atoms with Crippen LogP contribution < -0.4 is 10.4 Å². The van der Waals surface area contributed by atoms with Gasteiger partial charge in [0.05, 0.1) is 6.61 Å². The molecule has 1 N–H and O–H groups in total. The zero-order valence-electron chi connectivity index (χ0n) is 25.5. The number of aliphatic hydroxyl groups is 1. The minimum absolute atomic E-state index is 0.108. The van der Waals surface area contributed by atoms with Gasteiger partial charge in [0.1, 0.15) is 24.1 Å². The van der Waals surface area contributed by atoms with Crippen LogP contribution in [-0.2, 0) is 17.7 Å². The molecule has 0 bridgehead atoms. The quantitative estimate of drug-likeness (QED) is 0.400. The van der Waals surface area contributed by atoms with Crippen LogP contribution in [0.3, 0.4) is 0 Å². The van der Waals surface area contributed by atoms with Crippen LogP contribution in [0, 0.1) is 13.8 Å². The first-order valence-electron chi connectivity index (χ1n) is 14.4. The van der Waals surface area contributed by atoms with Crippen molar-refractivity contribution in [1.82, 2.24) is 9.55 Å². The Balaban J connectivity index is 1.67. The second-order valence-electron chi connectivity index (χ2n) is 12.4. The molecule has 1 aromatic heterocycles. The number of para-hydroxylation sites is 1. The number of nitrogens with zero attached hydrogens (tertiary/aromatic N) is 2. The predicted molar refractivity (Wildman–Crippen MR) is 158 cm³/mol. The van der Waals surface area contributed by atoms with Gasteiger partial charge in [-0.1, -0.05) is 73.6 Å². The maximum atomic E-state index is 13.2. The van der Waals surface area contributed by atoms with Crippen LogP contribution in [0.2, 0.25) is 22.2 Å². The number of rotatable bonds is 7. The van der Waals surface area contributed by atoms with Crippen LogP contribution in [-0.4, -0.2) is 56.7 Å². The third kappa shape index (κ3) is 5.49. The minimum Gasteiger partial charge on any atom is -0.438 e. The molecule has 2 fully saturated rings. The van der Waals surface area contributed by atoms with Gasteiger partial charge in [0, 0.05) is 12.3 Å². The molecular weight excluding hydrogens is 544 g/mol. The Hall–Kier alpha value is -1.87. The summed E-state index contributed by atoms with van der Waals surface area (Å²) >= 11 is 0. The summed E-state index contributed by atoms with van der Waals surface area (Å²) in [5.74, 6) is 0.848. The molecule has 0 amide bonds. The minimum atomic E-state index is -2.94.